The lowest BCUT2D eigenvalue weighted by molar-refractivity contribution is 0.0165. The summed E-state index contributed by atoms with van der Waals surface area (Å²) in [4.78, 5) is 5.47. The van der Waals surface area contributed by atoms with Gasteiger partial charge in [0.2, 0.25) is 0 Å². The van der Waals surface area contributed by atoms with Gasteiger partial charge < -0.3 is 4.74 Å². The molecule has 3 rings (SSSR count). The van der Waals surface area contributed by atoms with Gasteiger partial charge in [-0.3, -0.25) is 4.90 Å². The third-order valence-electron chi connectivity index (χ3n) is 3.39. The van der Waals surface area contributed by atoms with Crippen molar-refractivity contribution in [3.63, 3.8) is 0 Å². The second-order valence-corrected chi connectivity index (χ2v) is 6.39. The van der Waals surface area contributed by atoms with Crippen molar-refractivity contribution in [1.29, 1.82) is 0 Å². The van der Waals surface area contributed by atoms with E-state index in [2.05, 4.69) is 17.9 Å². The van der Waals surface area contributed by atoms with E-state index in [1.807, 2.05) is 11.3 Å². The van der Waals surface area contributed by atoms with Gasteiger partial charge >= 0.3 is 0 Å². The number of nitrogens with zero attached hydrogens (tertiary/aromatic N) is 1. The number of hydrogen-bond acceptors (Lipinski definition) is 3. The summed E-state index contributed by atoms with van der Waals surface area (Å²) in [6.45, 7) is 6.26. The van der Waals surface area contributed by atoms with Gasteiger partial charge in [-0.15, -0.1) is 11.3 Å². The molecule has 0 bridgehead atoms. The standard InChI is InChI=1S/C13H19NOS/c1-10-6-12-7-14(5-4-13(12)16-10)9-15-8-11-2-3-11/h6,11H,2-5,7-9H2,1H3. The lowest BCUT2D eigenvalue weighted by atomic mass is 10.1. The van der Waals surface area contributed by atoms with Gasteiger partial charge in [-0.2, -0.15) is 0 Å². The Kier molecular flexibility index (Phi) is 3.01. The summed E-state index contributed by atoms with van der Waals surface area (Å²) in [7, 11) is 0. The van der Waals surface area contributed by atoms with E-state index < -0.39 is 0 Å². The summed E-state index contributed by atoms with van der Waals surface area (Å²) >= 11 is 1.96. The van der Waals surface area contributed by atoms with Crippen LogP contribution in [0.15, 0.2) is 6.07 Å². The zero-order chi connectivity index (χ0) is 11.0. The molecule has 0 N–H and O–H groups in total. The molecule has 2 aliphatic rings. The molecule has 1 aliphatic heterocycles. The molecule has 0 aromatic carbocycles. The van der Waals surface area contributed by atoms with Crippen LogP contribution in [0.1, 0.15) is 28.2 Å². The first-order valence-electron chi connectivity index (χ1n) is 6.19. The summed E-state index contributed by atoms with van der Waals surface area (Å²) in [5, 5.41) is 0. The van der Waals surface area contributed by atoms with Gasteiger partial charge in [0.15, 0.2) is 0 Å². The van der Waals surface area contributed by atoms with Gasteiger partial charge in [0.25, 0.3) is 0 Å². The Morgan fingerprint density at radius 3 is 3.19 bits per heavy atom. The zero-order valence-corrected chi connectivity index (χ0v) is 10.7. The maximum absolute atomic E-state index is 5.75. The van der Waals surface area contributed by atoms with E-state index in [0.29, 0.717) is 0 Å². The molecule has 1 saturated carbocycles. The van der Waals surface area contributed by atoms with E-state index >= 15 is 0 Å². The third-order valence-corrected chi connectivity index (χ3v) is 4.55. The van der Waals surface area contributed by atoms with Gasteiger partial charge in [0.1, 0.15) is 0 Å². The average molecular weight is 237 g/mol. The highest BCUT2D eigenvalue weighted by Crippen LogP contribution is 2.30. The second-order valence-electron chi connectivity index (χ2n) is 5.05. The minimum Gasteiger partial charge on any atom is -0.366 e. The summed E-state index contributed by atoms with van der Waals surface area (Å²) in [5.41, 5.74) is 1.53. The maximum Gasteiger partial charge on any atom is 0.0993 e. The van der Waals surface area contributed by atoms with Crippen LogP contribution in [-0.2, 0) is 17.7 Å². The molecule has 0 spiro atoms. The first kappa shape index (κ1) is 10.8. The van der Waals surface area contributed by atoms with Crippen molar-refractivity contribution in [3.8, 4) is 0 Å². The predicted octanol–water partition coefficient (Wildman–Crippen LogP) is 2.80. The van der Waals surface area contributed by atoms with Crippen molar-refractivity contribution in [1.82, 2.24) is 4.90 Å². The van der Waals surface area contributed by atoms with Crippen LogP contribution < -0.4 is 0 Å². The summed E-state index contributed by atoms with van der Waals surface area (Å²) in [5.74, 6) is 0.878. The quantitative estimate of drug-likeness (QED) is 0.798. The zero-order valence-electron chi connectivity index (χ0n) is 9.87. The van der Waals surface area contributed by atoms with Crippen molar-refractivity contribution >= 4 is 11.3 Å². The van der Waals surface area contributed by atoms with Crippen LogP contribution >= 0.6 is 11.3 Å². The summed E-state index contributed by atoms with van der Waals surface area (Å²) in [6.07, 6.45) is 3.97. The van der Waals surface area contributed by atoms with Crippen LogP contribution in [0.25, 0.3) is 0 Å². The molecule has 16 heavy (non-hydrogen) atoms. The monoisotopic (exact) mass is 237 g/mol. The molecule has 0 atom stereocenters. The van der Waals surface area contributed by atoms with E-state index in [0.717, 1.165) is 32.3 Å². The topological polar surface area (TPSA) is 12.5 Å². The molecule has 2 nitrogen and oxygen atoms in total. The molecule has 3 heteroatoms. The summed E-state index contributed by atoms with van der Waals surface area (Å²) < 4.78 is 5.75. The highest BCUT2D eigenvalue weighted by molar-refractivity contribution is 7.12. The van der Waals surface area contributed by atoms with Gasteiger partial charge in [0, 0.05) is 22.8 Å². The van der Waals surface area contributed by atoms with Crippen molar-refractivity contribution in [2.24, 2.45) is 5.92 Å². The smallest absolute Gasteiger partial charge is 0.0993 e. The Hall–Kier alpha value is -0.380. The van der Waals surface area contributed by atoms with E-state index in [1.54, 1.807) is 4.88 Å². The van der Waals surface area contributed by atoms with Crippen LogP contribution in [0.3, 0.4) is 0 Å². The van der Waals surface area contributed by atoms with Gasteiger partial charge in [-0.1, -0.05) is 0 Å². The van der Waals surface area contributed by atoms with Crippen molar-refractivity contribution in [2.75, 3.05) is 19.9 Å². The van der Waals surface area contributed by atoms with Gasteiger partial charge in [-0.25, -0.2) is 0 Å². The Morgan fingerprint density at radius 2 is 2.38 bits per heavy atom. The molecule has 1 aliphatic carbocycles. The number of ether oxygens (including phenoxy) is 1. The third kappa shape index (κ3) is 2.47. The molecule has 2 heterocycles. The van der Waals surface area contributed by atoms with Crippen LogP contribution in [-0.4, -0.2) is 24.8 Å². The molecule has 88 valence electrons. The van der Waals surface area contributed by atoms with E-state index in [4.69, 9.17) is 4.74 Å². The van der Waals surface area contributed by atoms with Crippen LogP contribution in [0, 0.1) is 12.8 Å². The SMILES string of the molecule is Cc1cc2c(s1)CCN(COCC1CC1)C2. The van der Waals surface area contributed by atoms with Gasteiger partial charge in [-0.05, 0) is 43.7 Å². The van der Waals surface area contributed by atoms with Crippen LogP contribution in [0.4, 0.5) is 0 Å². The highest BCUT2D eigenvalue weighted by Gasteiger charge is 2.22. The first-order valence-corrected chi connectivity index (χ1v) is 7.01. The van der Waals surface area contributed by atoms with Crippen LogP contribution in [0.5, 0.6) is 0 Å². The summed E-state index contributed by atoms with van der Waals surface area (Å²) in [6, 6.07) is 2.34. The molecule has 1 aromatic rings. The minimum absolute atomic E-state index is 0.824. The fraction of sp³-hybridized carbons (Fsp3) is 0.692. The molecule has 1 fully saturated rings. The van der Waals surface area contributed by atoms with Gasteiger partial charge in [0.05, 0.1) is 13.3 Å². The normalized spacial score (nSPS) is 21.1. The van der Waals surface area contributed by atoms with Crippen molar-refractivity contribution in [3.05, 3.63) is 21.4 Å². The lowest BCUT2D eigenvalue weighted by Crippen LogP contribution is -2.32. The average Bonchev–Trinajstić information content (AvgIpc) is 2.99. The fourth-order valence-corrected chi connectivity index (χ4v) is 3.32. The molecule has 0 radical (unpaired) electrons. The Morgan fingerprint density at radius 1 is 1.50 bits per heavy atom. The molecule has 0 saturated heterocycles. The largest absolute Gasteiger partial charge is 0.366 e. The Balaban J connectivity index is 1.51. The number of fused-ring (bicyclic) bond motifs is 1. The van der Waals surface area contributed by atoms with E-state index in [-0.39, 0.29) is 0 Å². The highest BCUT2D eigenvalue weighted by atomic mass is 32.1. The molecular weight excluding hydrogens is 218 g/mol. The van der Waals surface area contributed by atoms with E-state index in [1.165, 1.54) is 29.7 Å². The lowest BCUT2D eigenvalue weighted by Gasteiger charge is -2.26. The number of rotatable bonds is 4. The van der Waals surface area contributed by atoms with Crippen molar-refractivity contribution < 1.29 is 4.74 Å². The number of aryl methyl sites for hydroxylation is 1. The molecule has 0 unspecified atom stereocenters. The Labute approximate surface area is 101 Å². The second kappa shape index (κ2) is 4.47. The molecule has 0 amide bonds. The van der Waals surface area contributed by atoms with E-state index in [9.17, 15) is 0 Å². The first-order chi connectivity index (χ1) is 7.81. The number of hydrogen-bond donors (Lipinski definition) is 0. The molecule has 1 aromatic heterocycles. The predicted molar refractivity (Wildman–Crippen MR) is 66.7 cm³/mol. The maximum atomic E-state index is 5.75. The fourth-order valence-electron chi connectivity index (χ4n) is 2.28. The molecular formula is C13H19NOS. The Bertz CT molecular complexity index is 370. The van der Waals surface area contributed by atoms with Crippen LogP contribution in [0.2, 0.25) is 0 Å². The van der Waals surface area contributed by atoms with Crippen molar-refractivity contribution in [2.45, 2.75) is 32.7 Å². The minimum atomic E-state index is 0.824. The number of thiophene rings is 1.